The molecule has 0 bridgehead atoms. The molecule has 0 radical (unpaired) electrons. The summed E-state index contributed by atoms with van der Waals surface area (Å²) in [7, 11) is -3.98. The number of H-pyrrole nitrogens is 1. The van der Waals surface area contributed by atoms with Crippen molar-refractivity contribution in [3.05, 3.63) is 59.3 Å². The second-order valence-corrected chi connectivity index (χ2v) is 11.3. The Kier molecular flexibility index (Phi) is 6.95. The van der Waals surface area contributed by atoms with Crippen molar-refractivity contribution in [1.29, 1.82) is 0 Å². The van der Waals surface area contributed by atoms with E-state index in [2.05, 4.69) is 20.1 Å². The van der Waals surface area contributed by atoms with E-state index in [9.17, 15) is 36.6 Å². The highest BCUT2D eigenvalue weighted by atomic mass is 32.2. The molecule has 1 fully saturated rings. The summed E-state index contributed by atoms with van der Waals surface area (Å²) in [5.74, 6) is -1.21. The maximum absolute atomic E-state index is 13.2. The van der Waals surface area contributed by atoms with Crippen LogP contribution in [0.2, 0.25) is 0 Å². The lowest BCUT2D eigenvalue weighted by Gasteiger charge is -2.38. The Morgan fingerprint density at radius 1 is 1.12 bits per heavy atom. The molecule has 11 nitrogen and oxygen atoms in total. The minimum Gasteiger partial charge on any atom is -0.492 e. The highest BCUT2D eigenvalue weighted by molar-refractivity contribution is 7.92. The number of aliphatic imine (C=N–C) groups is 1. The third-order valence-electron chi connectivity index (χ3n) is 6.89. The zero-order valence-electron chi connectivity index (χ0n) is 20.9. The lowest BCUT2D eigenvalue weighted by molar-refractivity contribution is -0.142. The maximum Gasteiger partial charge on any atom is 0.433 e. The summed E-state index contributed by atoms with van der Waals surface area (Å²) >= 11 is 0. The predicted octanol–water partition coefficient (Wildman–Crippen LogP) is 3.27. The van der Waals surface area contributed by atoms with Crippen molar-refractivity contribution in [2.75, 3.05) is 29.7 Å². The minimum atomic E-state index is -4.78. The first-order valence-electron chi connectivity index (χ1n) is 12.2. The number of aromatic nitrogens is 2. The summed E-state index contributed by atoms with van der Waals surface area (Å²) in [5, 5.41) is 28.7. The number of piperidine rings is 1. The molecule has 3 heterocycles. The number of nitrogens with zero attached hydrogens (tertiary/aromatic N) is 3. The minimum absolute atomic E-state index is 0.000463. The largest absolute Gasteiger partial charge is 0.492 e. The zero-order valence-corrected chi connectivity index (χ0v) is 21.7. The van der Waals surface area contributed by atoms with Gasteiger partial charge < -0.3 is 20.4 Å². The molecule has 0 saturated carbocycles. The molecule has 2 aromatic carbocycles. The number of hydrogen-bond donors (Lipinski definition) is 5. The first-order valence-corrected chi connectivity index (χ1v) is 13.7. The molecular weight excluding hydrogens is 553 g/mol. The van der Waals surface area contributed by atoms with Crippen molar-refractivity contribution in [1.82, 2.24) is 15.1 Å². The summed E-state index contributed by atoms with van der Waals surface area (Å²) in [6.45, 7) is 0.622. The molecule has 5 rings (SSSR count). The van der Waals surface area contributed by atoms with Gasteiger partial charge in [0.1, 0.15) is 16.3 Å². The Bertz CT molecular complexity index is 1560. The Labute approximate surface area is 226 Å². The molecule has 0 aliphatic carbocycles. The van der Waals surface area contributed by atoms with Crippen LogP contribution in [0.1, 0.15) is 34.5 Å². The number of aliphatic hydroxyl groups is 1. The van der Waals surface area contributed by atoms with E-state index in [0.717, 1.165) is 0 Å². The molecule has 2 aliphatic rings. The fourth-order valence-corrected chi connectivity index (χ4v) is 6.00. The lowest BCUT2D eigenvalue weighted by atomic mass is 9.85. The number of carbonyl (C=O) groups is 1. The Morgan fingerprint density at radius 2 is 1.82 bits per heavy atom. The number of para-hydroxylation sites is 1. The number of halogens is 3. The van der Waals surface area contributed by atoms with E-state index in [-0.39, 0.29) is 48.0 Å². The molecule has 5 N–H and O–H groups in total. The van der Waals surface area contributed by atoms with Crippen molar-refractivity contribution in [2.45, 2.75) is 35.9 Å². The van der Waals surface area contributed by atoms with Crippen LogP contribution >= 0.6 is 0 Å². The summed E-state index contributed by atoms with van der Waals surface area (Å²) in [5.41, 5.74) is -1.91. The average Bonchev–Trinajstić information content (AvgIpc) is 3.28. The highest BCUT2D eigenvalue weighted by Gasteiger charge is 2.42. The van der Waals surface area contributed by atoms with E-state index in [1.807, 2.05) is 0 Å². The molecule has 15 heteroatoms. The van der Waals surface area contributed by atoms with Gasteiger partial charge in [0.25, 0.3) is 15.9 Å². The molecule has 0 atom stereocenters. The Morgan fingerprint density at radius 3 is 2.50 bits per heavy atom. The highest BCUT2D eigenvalue weighted by Crippen LogP contribution is 2.38. The zero-order chi connectivity index (χ0) is 28.7. The molecule has 3 aromatic rings. The van der Waals surface area contributed by atoms with Crippen LogP contribution in [-0.4, -0.2) is 71.1 Å². The van der Waals surface area contributed by atoms with Crippen LogP contribution in [0.4, 0.5) is 30.2 Å². The topological polar surface area (TPSA) is 160 Å². The van der Waals surface area contributed by atoms with Crippen LogP contribution in [0, 0.1) is 0 Å². The SMILES string of the molecule is O=C(c1ccc(NS(=O)(=O)c2cccc3c2N=CCN3)cc1)N1CCC(O)(Cc2c(O)n[nH]c2C(F)(F)F)CC1. The van der Waals surface area contributed by atoms with E-state index < -0.39 is 45.4 Å². The number of fused-ring (bicyclic) bond motifs is 1. The van der Waals surface area contributed by atoms with Gasteiger partial charge in [-0.1, -0.05) is 6.07 Å². The van der Waals surface area contributed by atoms with Crippen molar-refractivity contribution < 1.29 is 36.6 Å². The standard InChI is InChI=1S/C25H25F3N6O5S/c26-25(27,28)21-17(22(35)32-31-21)14-24(37)8-12-34(13-9-24)23(36)15-4-6-16(7-5-15)33-40(38,39)19-3-1-2-18-20(19)30-11-10-29-18/h1-7,11,29,33,37H,8-10,12-14H2,(H2,31,32,35). The third kappa shape index (κ3) is 5.47. The number of nitrogens with one attached hydrogen (secondary N) is 3. The van der Waals surface area contributed by atoms with E-state index in [1.54, 1.807) is 23.4 Å². The molecule has 40 heavy (non-hydrogen) atoms. The second kappa shape index (κ2) is 10.1. The number of likely N-dealkylation sites (tertiary alicyclic amines) is 1. The normalized spacial score (nSPS) is 16.8. The van der Waals surface area contributed by atoms with Gasteiger partial charge in [0.05, 0.1) is 17.8 Å². The van der Waals surface area contributed by atoms with Gasteiger partial charge in [-0.15, -0.1) is 5.10 Å². The number of benzene rings is 2. The van der Waals surface area contributed by atoms with Crippen molar-refractivity contribution in [3.63, 3.8) is 0 Å². The summed E-state index contributed by atoms with van der Waals surface area (Å²) in [6.07, 6.45) is -3.71. The van der Waals surface area contributed by atoms with Gasteiger partial charge in [-0.3, -0.25) is 19.6 Å². The van der Waals surface area contributed by atoms with Crippen LogP contribution in [-0.2, 0) is 22.6 Å². The first kappa shape index (κ1) is 27.5. The predicted molar refractivity (Wildman–Crippen MR) is 139 cm³/mol. The molecule has 1 saturated heterocycles. The van der Waals surface area contributed by atoms with Crippen LogP contribution in [0.5, 0.6) is 5.88 Å². The van der Waals surface area contributed by atoms with Crippen molar-refractivity contribution in [2.24, 2.45) is 4.99 Å². The fourth-order valence-electron chi connectivity index (χ4n) is 4.77. The van der Waals surface area contributed by atoms with E-state index in [0.29, 0.717) is 17.9 Å². The number of aromatic amines is 1. The second-order valence-electron chi connectivity index (χ2n) is 9.62. The Hall–Kier alpha value is -4.11. The van der Waals surface area contributed by atoms with E-state index >= 15 is 0 Å². The number of carbonyl (C=O) groups excluding carboxylic acids is 1. The van der Waals surface area contributed by atoms with Gasteiger partial charge in [-0.25, -0.2) is 8.42 Å². The van der Waals surface area contributed by atoms with E-state index in [4.69, 9.17) is 0 Å². The number of sulfonamides is 1. The summed E-state index contributed by atoms with van der Waals surface area (Å²) in [4.78, 5) is 18.7. The molecule has 1 amide bonds. The van der Waals surface area contributed by atoms with Gasteiger partial charge >= 0.3 is 6.18 Å². The molecule has 1 aromatic heterocycles. The number of aromatic hydroxyl groups is 1. The molecule has 0 unspecified atom stereocenters. The van der Waals surface area contributed by atoms with Gasteiger partial charge in [-0.05, 0) is 49.2 Å². The number of amides is 1. The van der Waals surface area contributed by atoms with Gasteiger partial charge in [0, 0.05) is 42.5 Å². The number of hydrogen-bond acceptors (Lipinski definition) is 8. The van der Waals surface area contributed by atoms with Crippen LogP contribution < -0.4 is 10.0 Å². The smallest absolute Gasteiger partial charge is 0.433 e. The van der Waals surface area contributed by atoms with Crippen LogP contribution in [0.3, 0.4) is 0 Å². The first-order chi connectivity index (χ1) is 18.9. The van der Waals surface area contributed by atoms with Crippen molar-refractivity contribution in [3.8, 4) is 5.88 Å². The molecule has 0 spiro atoms. The molecule has 2 aliphatic heterocycles. The van der Waals surface area contributed by atoms with Crippen molar-refractivity contribution >= 4 is 39.2 Å². The monoisotopic (exact) mass is 578 g/mol. The average molecular weight is 579 g/mol. The van der Waals surface area contributed by atoms with Gasteiger partial charge in [0.15, 0.2) is 0 Å². The van der Waals surface area contributed by atoms with Crippen LogP contribution in [0.15, 0.2) is 52.4 Å². The van der Waals surface area contributed by atoms with Crippen LogP contribution in [0.25, 0.3) is 0 Å². The lowest BCUT2D eigenvalue weighted by Crippen LogP contribution is -2.47. The molecular formula is C25H25F3N6O5S. The quantitative estimate of drug-likeness (QED) is 0.300. The number of alkyl halides is 3. The third-order valence-corrected chi connectivity index (χ3v) is 8.31. The Balaban J connectivity index is 1.23. The summed E-state index contributed by atoms with van der Waals surface area (Å²) < 4.78 is 68.1. The van der Waals surface area contributed by atoms with Gasteiger partial charge in [-0.2, -0.15) is 13.2 Å². The van der Waals surface area contributed by atoms with E-state index in [1.165, 1.54) is 35.2 Å². The summed E-state index contributed by atoms with van der Waals surface area (Å²) in [6, 6.07) is 10.6. The van der Waals surface area contributed by atoms with Gasteiger partial charge in [0.2, 0.25) is 5.88 Å². The number of anilines is 2. The fraction of sp³-hybridized carbons (Fsp3) is 0.320. The number of rotatable bonds is 6. The maximum atomic E-state index is 13.2. The molecule has 212 valence electrons.